The fourth-order valence-corrected chi connectivity index (χ4v) is 2.21. The smallest absolute Gasteiger partial charge is 0.436 e. The Morgan fingerprint density at radius 1 is 1.04 bits per heavy atom. The maximum atomic E-state index is 12.5. The van der Waals surface area contributed by atoms with E-state index in [1.54, 1.807) is 41.5 Å². The van der Waals surface area contributed by atoms with E-state index in [0.29, 0.717) is 12.8 Å². The number of carbonyl (C=O) groups is 3. The van der Waals surface area contributed by atoms with E-state index in [0.717, 1.165) is 10.0 Å². The normalized spacial score (nSPS) is 19.6. The molecule has 3 amide bonds. The van der Waals surface area contributed by atoms with Gasteiger partial charge in [-0.3, -0.25) is 4.79 Å². The summed E-state index contributed by atoms with van der Waals surface area (Å²) >= 11 is 0. The lowest BCUT2D eigenvalue weighted by molar-refractivity contribution is -0.156. The summed E-state index contributed by atoms with van der Waals surface area (Å²) in [6.07, 6.45) is -0.286. The van der Waals surface area contributed by atoms with E-state index >= 15 is 0 Å². The van der Waals surface area contributed by atoms with Gasteiger partial charge in [0.1, 0.15) is 11.2 Å². The second-order valence-electron chi connectivity index (χ2n) is 7.61. The molecule has 1 saturated heterocycles. The zero-order valence-corrected chi connectivity index (χ0v) is 15.1. The van der Waals surface area contributed by atoms with Crippen LogP contribution in [0.2, 0.25) is 0 Å². The highest BCUT2D eigenvalue weighted by atomic mass is 16.6. The Balaban J connectivity index is 3.11. The number of hydrazine groups is 1. The van der Waals surface area contributed by atoms with Crippen molar-refractivity contribution in [3.8, 4) is 0 Å². The molecule has 7 nitrogen and oxygen atoms in total. The Labute approximate surface area is 137 Å². The molecule has 0 aliphatic carbocycles. The third-order valence-corrected chi connectivity index (χ3v) is 3.11. The van der Waals surface area contributed by atoms with E-state index in [2.05, 4.69) is 0 Å². The first-order valence-corrected chi connectivity index (χ1v) is 7.94. The van der Waals surface area contributed by atoms with Crippen LogP contribution >= 0.6 is 0 Å². The van der Waals surface area contributed by atoms with Crippen LogP contribution < -0.4 is 0 Å². The van der Waals surface area contributed by atoms with E-state index in [1.807, 2.05) is 6.92 Å². The van der Waals surface area contributed by atoms with Crippen LogP contribution in [-0.4, -0.2) is 45.4 Å². The largest absolute Gasteiger partial charge is 0.442 e. The molecule has 132 valence electrons. The summed E-state index contributed by atoms with van der Waals surface area (Å²) in [5, 5.41) is 1.89. The highest BCUT2D eigenvalue weighted by Gasteiger charge is 2.43. The van der Waals surface area contributed by atoms with Gasteiger partial charge in [0.05, 0.1) is 6.04 Å². The van der Waals surface area contributed by atoms with Crippen molar-refractivity contribution in [1.82, 2.24) is 10.0 Å². The molecule has 0 radical (unpaired) electrons. The van der Waals surface area contributed by atoms with Crippen molar-refractivity contribution in [3.63, 3.8) is 0 Å². The van der Waals surface area contributed by atoms with E-state index in [-0.39, 0.29) is 12.5 Å². The van der Waals surface area contributed by atoms with Gasteiger partial charge in [-0.2, -0.15) is 0 Å². The fourth-order valence-electron chi connectivity index (χ4n) is 2.21. The monoisotopic (exact) mass is 328 g/mol. The molecule has 1 rings (SSSR count). The van der Waals surface area contributed by atoms with Crippen molar-refractivity contribution in [1.29, 1.82) is 0 Å². The molecule has 23 heavy (non-hydrogen) atoms. The van der Waals surface area contributed by atoms with Gasteiger partial charge < -0.3 is 9.47 Å². The molecule has 0 bridgehead atoms. The van der Waals surface area contributed by atoms with Crippen molar-refractivity contribution in [2.24, 2.45) is 0 Å². The summed E-state index contributed by atoms with van der Waals surface area (Å²) in [5.74, 6) is -0.463. The van der Waals surface area contributed by atoms with Gasteiger partial charge in [-0.15, -0.1) is 5.01 Å². The van der Waals surface area contributed by atoms with E-state index < -0.39 is 29.3 Å². The van der Waals surface area contributed by atoms with Crippen molar-refractivity contribution < 1.29 is 23.9 Å². The molecule has 0 saturated carbocycles. The molecular formula is C16H28N2O5. The van der Waals surface area contributed by atoms with Crippen LogP contribution in [0.15, 0.2) is 0 Å². The van der Waals surface area contributed by atoms with Crippen LogP contribution in [-0.2, 0) is 14.3 Å². The molecule has 1 aliphatic heterocycles. The highest BCUT2D eigenvalue weighted by Crippen LogP contribution is 2.26. The third-order valence-electron chi connectivity index (χ3n) is 3.11. The molecule has 1 aliphatic rings. The van der Waals surface area contributed by atoms with Gasteiger partial charge in [0, 0.05) is 6.42 Å². The SMILES string of the molecule is CCC1CCC(=O)N(C(=O)OC(C)(C)C)N1C(=O)OC(C)(C)C. The summed E-state index contributed by atoms with van der Waals surface area (Å²) < 4.78 is 10.6. The van der Waals surface area contributed by atoms with Gasteiger partial charge in [-0.1, -0.05) is 6.92 Å². The number of nitrogens with zero attached hydrogens (tertiary/aromatic N) is 2. The lowest BCUT2D eigenvalue weighted by Gasteiger charge is -2.42. The Hall–Kier alpha value is -1.79. The summed E-state index contributed by atoms with van der Waals surface area (Å²) in [6.45, 7) is 12.2. The molecule has 1 fully saturated rings. The average molecular weight is 328 g/mol. The maximum Gasteiger partial charge on any atom is 0.436 e. The van der Waals surface area contributed by atoms with Crippen molar-refractivity contribution >= 4 is 18.1 Å². The van der Waals surface area contributed by atoms with Gasteiger partial charge in [-0.25, -0.2) is 14.6 Å². The second-order valence-corrected chi connectivity index (χ2v) is 7.61. The Kier molecular flexibility index (Phi) is 5.66. The molecule has 1 atom stereocenters. The number of hydrogen-bond acceptors (Lipinski definition) is 5. The minimum absolute atomic E-state index is 0.192. The van der Waals surface area contributed by atoms with Crippen molar-refractivity contribution in [2.75, 3.05) is 0 Å². The van der Waals surface area contributed by atoms with Crippen LogP contribution in [0.3, 0.4) is 0 Å². The van der Waals surface area contributed by atoms with Gasteiger partial charge >= 0.3 is 12.2 Å². The van der Waals surface area contributed by atoms with Crippen molar-refractivity contribution in [3.05, 3.63) is 0 Å². The zero-order valence-electron chi connectivity index (χ0n) is 15.1. The molecule has 0 aromatic carbocycles. The number of rotatable bonds is 1. The standard InChI is InChI=1S/C16H28N2O5/c1-8-11-9-10-12(19)18(14(21)23-16(5,6)7)17(11)13(20)22-15(2,3)4/h11H,8-10H2,1-7H3. The van der Waals surface area contributed by atoms with E-state index in [1.165, 1.54) is 0 Å². The minimum atomic E-state index is -0.855. The quantitative estimate of drug-likeness (QED) is 0.736. The molecule has 0 N–H and O–H groups in total. The number of hydrogen-bond donors (Lipinski definition) is 0. The first-order chi connectivity index (χ1) is 10.4. The molecule has 0 aromatic heterocycles. The van der Waals surface area contributed by atoms with Crippen LogP contribution in [0.25, 0.3) is 0 Å². The molecule has 1 unspecified atom stereocenters. The fraction of sp³-hybridized carbons (Fsp3) is 0.812. The van der Waals surface area contributed by atoms with E-state index in [4.69, 9.17) is 9.47 Å². The minimum Gasteiger partial charge on any atom is -0.442 e. The predicted molar refractivity (Wildman–Crippen MR) is 84.5 cm³/mol. The summed E-state index contributed by atoms with van der Waals surface area (Å²) in [6, 6.07) is -0.282. The van der Waals surface area contributed by atoms with Gasteiger partial charge in [0.2, 0.25) is 0 Å². The molecule has 0 aromatic rings. The van der Waals surface area contributed by atoms with Crippen LogP contribution in [0.5, 0.6) is 0 Å². The topological polar surface area (TPSA) is 76.2 Å². The number of amides is 3. The van der Waals surface area contributed by atoms with E-state index in [9.17, 15) is 14.4 Å². The Bertz CT molecular complexity index is 476. The molecule has 1 heterocycles. The van der Waals surface area contributed by atoms with Crippen LogP contribution in [0.1, 0.15) is 67.7 Å². The predicted octanol–water partition coefficient (Wildman–Crippen LogP) is 3.47. The highest BCUT2D eigenvalue weighted by molar-refractivity contribution is 5.94. The number of imide groups is 1. The molecular weight excluding hydrogens is 300 g/mol. The maximum absolute atomic E-state index is 12.5. The Morgan fingerprint density at radius 2 is 1.52 bits per heavy atom. The zero-order chi connectivity index (χ0) is 18.0. The first kappa shape index (κ1) is 19.3. The van der Waals surface area contributed by atoms with Crippen LogP contribution in [0.4, 0.5) is 9.59 Å². The van der Waals surface area contributed by atoms with Gasteiger partial charge in [0.25, 0.3) is 5.91 Å². The summed E-state index contributed by atoms with van der Waals surface area (Å²) in [4.78, 5) is 37.1. The molecule has 0 spiro atoms. The average Bonchev–Trinajstić information content (AvgIpc) is 2.33. The van der Waals surface area contributed by atoms with Gasteiger partial charge in [-0.05, 0) is 54.4 Å². The number of ether oxygens (including phenoxy) is 2. The second kappa shape index (κ2) is 6.76. The summed E-state index contributed by atoms with van der Waals surface area (Å²) in [7, 11) is 0. The third kappa shape index (κ3) is 5.41. The van der Waals surface area contributed by atoms with Gasteiger partial charge in [0.15, 0.2) is 0 Å². The summed E-state index contributed by atoms with van der Waals surface area (Å²) in [5.41, 5.74) is -1.49. The van der Waals surface area contributed by atoms with Crippen molar-refractivity contribution in [2.45, 2.75) is 85.0 Å². The van der Waals surface area contributed by atoms with Crippen LogP contribution in [0, 0.1) is 0 Å². The number of carbonyl (C=O) groups excluding carboxylic acids is 3. The first-order valence-electron chi connectivity index (χ1n) is 7.94. The lowest BCUT2D eigenvalue weighted by atomic mass is 10.1. The molecule has 7 heteroatoms. The Morgan fingerprint density at radius 3 is 1.96 bits per heavy atom. The lowest BCUT2D eigenvalue weighted by Crippen LogP contribution is -2.61.